The lowest BCUT2D eigenvalue weighted by molar-refractivity contribution is 0.0606. The normalized spacial score (nSPS) is 12.0. The Hall–Kier alpha value is -1.77. The predicted molar refractivity (Wildman–Crippen MR) is 78.3 cm³/mol. The molecular weight excluding hydrogens is 338 g/mol. The van der Waals surface area contributed by atoms with Crippen LogP contribution in [0.2, 0.25) is 5.15 Å². The maximum atomic E-state index is 13.1. The van der Waals surface area contributed by atoms with Crippen LogP contribution >= 0.6 is 22.9 Å². The van der Waals surface area contributed by atoms with Crippen LogP contribution in [0.5, 0.6) is 0 Å². The minimum absolute atomic E-state index is 0.0123. The van der Waals surface area contributed by atoms with Crippen molar-refractivity contribution in [2.24, 2.45) is 0 Å². The van der Waals surface area contributed by atoms with Gasteiger partial charge < -0.3 is 15.2 Å². The summed E-state index contributed by atoms with van der Waals surface area (Å²) in [4.78, 5) is 15.4. The first-order valence-electron chi connectivity index (χ1n) is 6.04. The Bertz CT molecular complexity index is 696. The van der Waals surface area contributed by atoms with Crippen molar-refractivity contribution in [2.45, 2.75) is 6.10 Å². The zero-order chi connectivity index (χ0) is 16.3. The third-order valence-corrected chi connectivity index (χ3v) is 4.11. The van der Waals surface area contributed by atoms with Gasteiger partial charge in [0, 0.05) is 6.54 Å². The lowest BCUT2D eigenvalue weighted by Crippen LogP contribution is -2.12. The minimum Gasteiger partial charge on any atom is -0.465 e. The molecule has 0 bridgehead atoms. The van der Waals surface area contributed by atoms with E-state index in [2.05, 4.69) is 15.0 Å². The Morgan fingerprint density at radius 3 is 2.86 bits per heavy atom. The summed E-state index contributed by atoms with van der Waals surface area (Å²) >= 11 is 6.75. The monoisotopic (exact) mass is 348 g/mol. The summed E-state index contributed by atoms with van der Waals surface area (Å²) in [6, 6.07) is 3.12. The second-order valence-corrected chi connectivity index (χ2v) is 5.56. The lowest BCUT2D eigenvalue weighted by atomic mass is 10.1. The molecule has 2 aromatic rings. The van der Waals surface area contributed by atoms with Crippen molar-refractivity contribution in [2.75, 3.05) is 19.0 Å². The number of methoxy groups -OCH3 is 1. The van der Waals surface area contributed by atoms with Crippen LogP contribution in [0.25, 0.3) is 0 Å². The third-order valence-electron chi connectivity index (χ3n) is 2.73. The third kappa shape index (κ3) is 3.70. The van der Waals surface area contributed by atoms with Crippen molar-refractivity contribution in [1.29, 1.82) is 0 Å². The van der Waals surface area contributed by atoms with Gasteiger partial charge in [-0.05, 0) is 17.7 Å². The van der Waals surface area contributed by atoms with Crippen LogP contribution in [-0.4, -0.2) is 29.7 Å². The van der Waals surface area contributed by atoms with Crippen molar-refractivity contribution >= 4 is 34.0 Å². The summed E-state index contributed by atoms with van der Waals surface area (Å²) in [6.45, 7) is -0.0183. The number of nitrogens with one attached hydrogen (secondary N) is 1. The number of halogens is 3. The van der Waals surface area contributed by atoms with E-state index < -0.39 is 23.7 Å². The number of hydrogen-bond donors (Lipinski definition) is 2. The highest BCUT2D eigenvalue weighted by Crippen LogP contribution is 2.28. The number of ether oxygens (including phenoxy) is 1. The number of aromatic nitrogens is 1. The van der Waals surface area contributed by atoms with Gasteiger partial charge >= 0.3 is 5.97 Å². The Labute approximate surface area is 133 Å². The van der Waals surface area contributed by atoms with E-state index in [1.807, 2.05) is 0 Å². The first-order valence-corrected chi connectivity index (χ1v) is 7.23. The van der Waals surface area contributed by atoms with Crippen LogP contribution < -0.4 is 5.32 Å². The van der Waals surface area contributed by atoms with E-state index in [9.17, 15) is 18.7 Å². The summed E-state index contributed by atoms with van der Waals surface area (Å²) in [5.74, 6) is -2.64. The van der Waals surface area contributed by atoms with Crippen LogP contribution in [0.15, 0.2) is 18.2 Å². The van der Waals surface area contributed by atoms with Crippen LogP contribution in [0.4, 0.5) is 13.9 Å². The van der Waals surface area contributed by atoms with E-state index in [4.69, 9.17) is 11.6 Å². The van der Waals surface area contributed by atoms with Gasteiger partial charge in [-0.1, -0.05) is 29.0 Å². The van der Waals surface area contributed by atoms with Gasteiger partial charge in [0.2, 0.25) is 0 Å². The standard InChI is InChI=1S/C13H11ClF2N2O3S/c1-21-12(20)10-11(14)18-13(22-10)17-5-9(19)6-2-3-7(15)8(16)4-6/h2-4,9,19H,5H2,1H3,(H,17,18)/t9-/m1/s1. The SMILES string of the molecule is COC(=O)c1sc(NC[C@@H](O)c2ccc(F)c(F)c2)nc1Cl. The fourth-order valence-corrected chi connectivity index (χ4v) is 2.73. The molecule has 0 saturated carbocycles. The lowest BCUT2D eigenvalue weighted by Gasteiger charge is -2.11. The van der Waals surface area contributed by atoms with Crippen molar-refractivity contribution in [3.8, 4) is 0 Å². The van der Waals surface area contributed by atoms with Crippen LogP contribution in [0, 0.1) is 11.6 Å². The molecule has 0 aliphatic heterocycles. The van der Waals surface area contributed by atoms with Crippen molar-refractivity contribution in [3.05, 3.63) is 45.4 Å². The molecule has 2 N–H and O–H groups in total. The summed E-state index contributed by atoms with van der Waals surface area (Å²) in [7, 11) is 1.22. The zero-order valence-electron chi connectivity index (χ0n) is 11.3. The number of hydrogen-bond acceptors (Lipinski definition) is 6. The van der Waals surface area contributed by atoms with Crippen LogP contribution in [0.3, 0.4) is 0 Å². The molecule has 2 rings (SSSR count). The van der Waals surface area contributed by atoms with Crippen LogP contribution in [0.1, 0.15) is 21.3 Å². The first kappa shape index (κ1) is 16.6. The van der Waals surface area contributed by atoms with Gasteiger partial charge in [0.25, 0.3) is 0 Å². The molecule has 0 aliphatic rings. The van der Waals surface area contributed by atoms with Crippen LogP contribution in [-0.2, 0) is 4.74 Å². The maximum Gasteiger partial charge on any atom is 0.351 e. The number of thiazole rings is 1. The largest absolute Gasteiger partial charge is 0.465 e. The maximum absolute atomic E-state index is 13.1. The fraction of sp³-hybridized carbons (Fsp3) is 0.231. The molecule has 5 nitrogen and oxygen atoms in total. The Morgan fingerprint density at radius 1 is 1.50 bits per heavy atom. The molecule has 118 valence electrons. The molecule has 1 heterocycles. The summed E-state index contributed by atoms with van der Waals surface area (Å²) < 4.78 is 30.5. The molecule has 1 aromatic carbocycles. The number of carbonyl (C=O) groups is 1. The average Bonchev–Trinajstić information content (AvgIpc) is 2.87. The minimum atomic E-state index is -1.08. The van der Waals surface area contributed by atoms with Gasteiger partial charge in [0.05, 0.1) is 13.2 Å². The topological polar surface area (TPSA) is 71.5 Å². The van der Waals surface area contributed by atoms with Gasteiger partial charge in [0.15, 0.2) is 26.8 Å². The summed E-state index contributed by atoms with van der Waals surface area (Å²) in [5, 5.41) is 13.0. The van der Waals surface area contributed by atoms with Gasteiger partial charge in [-0.3, -0.25) is 0 Å². The Balaban J connectivity index is 2.03. The smallest absolute Gasteiger partial charge is 0.351 e. The van der Waals surface area contributed by atoms with Crippen molar-refractivity contribution in [1.82, 2.24) is 4.98 Å². The molecule has 0 saturated heterocycles. The Kier molecular flexibility index (Phi) is 5.28. The van der Waals surface area contributed by atoms with E-state index in [0.717, 1.165) is 23.5 Å². The Morgan fingerprint density at radius 2 is 2.23 bits per heavy atom. The van der Waals surface area contributed by atoms with E-state index in [0.29, 0.717) is 5.13 Å². The molecule has 0 amide bonds. The summed E-state index contributed by atoms with van der Waals surface area (Å²) in [6.07, 6.45) is -1.08. The van der Waals surface area contributed by atoms with E-state index >= 15 is 0 Å². The van der Waals surface area contributed by atoms with Gasteiger partial charge in [0.1, 0.15) is 0 Å². The molecule has 0 unspecified atom stereocenters. The number of nitrogens with zero attached hydrogens (tertiary/aromatic N) is 1. The highest BCUT2D eigenvalue weighted by molar-refractivity contribution is 7.18. The van der Waals surface area contributed by atoms with E-state index in [1.54, 1.807) is 0 Å². The number of aliphatic hydroxyl groups excluding tert-OH is 1. The fourth-order valence-electron chi connectivity index (χ4n) is 1.62. The highest BCUT2D eigenvalue weighted by atomic mass is 35.5. The summed E-state index contributed by atoms with van der Waals surface area (Å²) in [5.41, 5.74) is 0.210. The second kappa shape index (κ2) is 6.99. The number of anilines is 1. The molecule has 1 atom stereocenters. The average molecular weight is 349 g/mol. The molecule has 9 heteroatoms. The number of esters is 1. The molecular formula is C13H11ClF2N2O3S. The second-order valence-electron chi connectivity index (χ2n) is 4.20. The molecule has 0 fully saturated rings. The first-order chi connectivity index (χ1) is 10.4. The van der Waals surface area contributed by atoms with Gasteiger partial charge in [-0.25, -0.2) is 18.6 Å². The van der Waals surface area contributed by atoms with E-state index in [1.165, 1.54) is 13.2 Å². The molecule has 1 aromatic heterocycles. The number of benzene rings is 1. The van der Waals surface area contributed by atoms with Gasteiger partial charge in [-0.2, -0.15) is 0 Å². The highest BCUT2D eigenvalue weighted by Gasteiger charge is 2.18. The molecule has 22 heavy (non-hydrogen) atoms. The number of rotatable bonds is 5. The molecule has 0 radical (unpaired) electrons. The quantitative estimate of drug-likeness (QED) is 0.813. The zero-order valence-corrected chi connectivity index (χ0v) is 12.8. The predicted octanol–water partition coefficient (Wildman–Crippen LogP) is 3.01. The molecule has 0 aliphatic carbocycles. The van der Waals surface area contributed by atoms with E-state index in [-0.39, 0.29) is 22.1 Å². The number of carbonyl (C=O) groups excluding carboxylic acids is 1. The van der Waals surface area contributed by atoms with Crippen molar-refractivity contribution < 1.29 is 23.4 Å². The van der Waals surface area contributed by atoms with Gasteiger partial charge in [-0.15, -0.1) is 0 Å². The molecule has 0 spiro atoms. The number of aliphatic hydroxyl groups is 1. The van der Waals surface area contributed by atoms with Crippen molar-refractivity contribution in [3.63, 3.8) is 0 Å².